The van der Waals surface area contributed by atoms with E-state index in [0.717, 1.165) is 21.9 Å². The van der Waals surface area contributed by atoms with E-state index in [9.17, 15) is 0 Å². The van der Waals surface area contributed by atoms with Crippen LogP contribution in [0.2, 0.25) is 5.02 Å². The van der Waals surface area contributed by atoms with Crippen LogP contribution in [0.4, 0.5) is 5.13 Å². The van der Waals surface area contributed by atoms with Gasteiger partial charge >= 0.3 is 0 Å². The molecule has 80 valence electrons. The van der Waals surface area contributed by atoms with Crippen molar-refractivity contribution in [2.45, 2.75) is 0 Å². The Morgan fingerprint density at radius 2 is 2.40 bits per heavy atom. The molecule has 0 aliphatic heterocycles. The fourth-order valence-corrected chi connectivity index (χ4v) is 2.44. The lowest BCUT2D eigenvalue weighted by Gasteiger charge is -1.99. The molecule has 0 atom stereocenters. The van der Waals surface area contributed by atoms with Crippen molar-refractivity contribution in [2.75, 3.05) is 25.6 Å². The molecule has 15 heavy (non-hydrogen) atoms. The molecule has 0 fully saturated rings. The van der Waals surface area contributed by atoms with E-state index >= 15 is 0 Å². The van der Waals surface area contributed by atoms with Gasteiger partial charge < -0.3 is 10.1 Å². The highest BCUT2D eigenvalue weighted by atomic mass is 35.5. The first kappa shape index (κ1) is 10.7. The Kier molecular flexibility index (Phi) is 3.41. The van der Waals surface area contributed by atoms with Crippen LogP contribution in [0.1, 0.15) is 0 Å². The molecular weight excluding hydrogens is 232 g/mol. The van der Waals surface area contributed by atoms with Crippen molar-refractivity contribution in [3.8, 4) is 0 Å². The Balaban J connectivity index is 2.20. The van der Waals surface area contributed by atoms with Gasteiger partial charge in [0.05, 0.1) is 16.3 Å². The van der Waals surface area contributed by atoms with E-state index in [-0.39, 0.29) is 0 Å². The number of ether oxygens (including phenoxy) is 1. The molecule has 0 amide bonds. The van der Waals surface area contributed by atoms with Crippen LogP contribution in [-0.2, 0) is 4.74 Å². The molecule has 1 N–H and O–H groups in total. The van der Waals surface area contributed by atoms with Crippen LogP contribution in [0.3, 0.4) is 0 Å². The van der Waals surface area contributed by atoms with E-state index in [1.807, 2.05) is 18.2 Å². The van der Waals surface area contributed by atoms with Crippen molar-refractivity contribution in [3.63, 3.8) is 0 Å². The Morgan fingerprint density at radius 3 is 3.13 bits per heavy atom. The first-order valence-corrected chi connectivity index (χ1v) is 5.78. The number of anilines is 1. The summed E-state index contributed by atoms with van der Waals surface area (Å²) in [6, 6.07) is 5.80. The first-order chi connectivity index (χ1) is 7.31. The summed E-state index contributed by atoms with van der Waals surface area (Å²) in [5.74, 6) is 0. The summed E-state index contributed by atoms with van der Waals surface area (Å²) in [5, 5.41) is 4.77. The average molecular weight is 243 g/mol. The molecule has 0 spiro atoms. The third-order valence-electron chi connectivity index (χ3n) is 1.95. The van der Waals surface area contributed by atoms with Gasteiger partial charge in [-0.15, -0.1) is 0 Å². The second kappa shape index (κ2) is 4.79. The van der Waals surface area contributed by atoms with Gasteiger partial charge in [0.1, 0.15) is 5.52 Å². The molecule has 2 rings (SSSR count). The zero-order valence-corrected chi connectivity index (χ0v) is 9.86. The Morgan fingerprint density at radius 1 is 1.53 bits per heavy atom. The highest BCUT2D eigenvalue weighted by molar-refractivity contribution is 7.22. The molecule has 0 radical (unpaired) electrons. The quantitative estimate of drug-likeness (QED) is 0.837. The zero-order chi connectivity index (χ0) is 10.7. The monoisotopic (exact) mass is 242 g/mol. The summed E-state index contributed by atoms with van der Waals surface area (Å²) in [6.45, 7) is 1.43. The maximum Gasteiger partial charge on any atom is 0.183 e. The predicted molar refractivity (Wildman–Crippen MR) is 65.0 cm³/mol. The highest BCUT2D eigenvalue weighted by Gasteiger charge is 2.05. The Labute approximate surface area is 97.0 Å². The molecule has 1 heterocycles. The van der Waals surface area contributed by atoms with E-state index in [4.69, 9.17) is 16.3 Å². The number of nitrogens with zero attached hydrogens (tertiary/aromatic N) is 1. The smallest absolute Gasteiger partial charge is 0.183 e. The number of fused-ring (bicyclic) bond motifs is 1. The fraction of sp³-hybridized carbons (Fsp3) is 0.300. The molecule has 0 aliphatic rings. The second-order valence-electron chi connectivity index (χ2n) is 3.03. The van der Waals surface area contributed by atoms with Crippen LogP contribution < -0.4 is 5.32 Å². The third-order valence-corrected chi connectivity index (χ3v) is 3.24. The zero-order valence-electron chi connectivity index (χ0n) is 8.29. The highest BCUT2D eigenvalue weighted by Crippen LogP contribution is 2.30. The lowest BCUT2D eigenvalue weighted by atomic mass is 10.3. The number of para-hydroxylation sites is 1. The van der Waals surface area contributed by atoms with Crippen LogP contribution in [0.15, 0.2) is 18.2 Å². The molecule has 0 unspecified atom stereocenters. The Bertz CT molecular complexity index is 458. The van der Waals surface area contributed by atoms with E-state index in [0.29, 0.717) is 11.6 Å². The standard InChI is InChI=1S/C10H11ClN2OS/c1-14-6-5-12-10-13-9-7(11)3-2-4-8(9)15-10/h2-4H,5-6H2,1H3,(H,12,13). The van der Waals surface area contributed by atoms with E-state index in [1.165, 1.54) is 0 Å². The fourth-order valence-electron chi connectivity index (χ4n) is 1.25. The number of aromatic nitrogens is 1. The normalized spacial score (nSPS) is 10.8. The van der Waals surface area contributed by atoms with Gasteiger partial charge in [0.15, 0.2) is 5.13 Å². The third kappa shape index (κ3) is 2.40. The molecule has 0 bridgehead atoms. The van der Waals surface area contributed by atoms with Crippen LogP contribution >= 0.6 is 22.9 Å². The van der Waals surface area contributed by atoms with Crippen molar-refractivity contribution in [1.82, 2.24) is 4.98 Å². The minimum Gasteiger partial charge on any atom is -0.383 e. The van der Waals surface area contributed by atoms with Crippen LogP contribution in [0.25, 0.3) is 10.2 Å². The maximum absolute atomic E-state index is 6.02. The summed E-state index contributed by atoms with van der Waals surface area (Å²) in [7, 11) is 1.68. The number of hydrogen-bond donors (Lipinski definition) is 1. The summed E-state index contributed by atoms with van der Waals surface area (Å²) in [4.78, 5) is 4.40. The first-order valence-electron chi connectivity index (χ1n) is 4.59. The van der Waals surface area contributed by atoms with Gasteiger partial charge in [-0.05, 0) is 12.1 Å². The number of rotatable bonds is 4. The molecule has 0 saturated carbocycles. The number of thiazole rings is 1. The molecule has 5 heteroatoms. The van der Waals surface area contributed by atoms with Crippen molar-refractivity contribution < 1.29 is 4.74 Å². The largest absolute Gasteiger partial charge is 0.383 e. The molecule has 0 saturated heterocycles. The van der Waals surface area contributed by atoms with Gasteiger partial charge in [-0.3, -0.25) is 0 Å². The predicted octanol–water partition coefficient (Wildman–Crippen LogP) is 3.01. The van der Waals surface area contributed by atoms with Crippen molar-refractivity contribution in [1.29, 1.82) is 0 Å². The van der Waals surface area contributed by atoms with Crippen LogP contribution in [-0.4, -0.2) is 25.2 Å². The van der Waals surface area contributed by atoms with E-state index < -0.39 is 0 Å². The number of methoxy groups -OCH3 is 1. The van der Waals surface area contributed by atoms with Gasteiger partial charge in [0.25, 0.3) is 0 Å². The summed E-state index contributed by atoms with van der Waals surface area (Å²) < 4.78 is 6.05. The van der Waals surface area contributed by atoms with Crippen molar-refractivity contribution in [2.24, 2.45) is 0 Å². The van der Waals surface area contributed by atoms with Crippen molar-refractivity contribution in [3.05, 3.63) is 23.2 Å². The molecular formula is C10H11ClN2OS. The lowest BCUT2D eigenvalue weighted by molar-refractivity contribution is 0.211. The topological polar surface area (TPSA) is 34.1 Å². The SMILES string of the molecule is COCCNc1nc2c(Cl)cccc2s1. The van der Waals surface area contributed by atoms with Gasteiger partial charge in [-0.1, -0.05) is 29.0 Å². The van der Waals surface area contributed by atoms with Crippen molar-refractivity contribution >= 4 is 38.3 Å². The summed E-state index contributed by atoms with van der Waals surface area (Å²) in [6.07, 6.45) is 0. The number of nitrogens with one attached hydrogen (secondary N) is 1. The van der Waals surface area contributed by atoms with E-state index in [1.54, 1.807) is 18.4 Å². The minimum absolute atomic E-state index is 0.670. The molecule has 1 aromatic carbocycles. The van der Waals surface area contributed by atoms with Crippen LogP contribution in [0.5, 0.6) is 0 Å². The Hall–Kier alpha value is -0.840. The molecule has 2 aromatic rings. The van der Waals surface area contributed by atoms with Crippen LogP contribution in [0, 0.1) is 0 Å². The number of benzene rings is 1. The van der Waals surface area contributed by atoms with E-state index in [2.05, 4.69) is 10.3 Å². The molecule has 3 nitrogen and oxygen atoms in total. The molecule has 1 aromatic heterocycles. The van der Waals surface area contributed by atoms with Gasteiger partial charge in [-0.2, -0.15) is 0 Å². The summed E-state index contributed by atoms with van der Waals surface area (Å²) in [5.41, 5.74) is 0.865. The van der Waals surface area contributed by atoms with Gasteiger partial charge in [0, 0.05) is 13.7 Å². The van der Waals surface area contributed by atoms with Gasteiger partial charge in [-0.25, -0.2) is 4.98 Å². The maximum atomic E-state index is 6.02. The number of halogens is 1. The lowest BCUT2D eigenvalue weighted by Crippen LogP contribution is -2.06. The number of hydrogen-bond acceptors (Lipinski definition) is 4. The summed E-state index contributed by atoms with van der Waals surface area (Å²) >= 11 is 7.62. The molecule has 0 aliphatic carbocycles. The van der Waals surface area contributed by atoms with Gasteiger partial charge in [0.2, 0.25) is 0 Å². The second-order valence-corrected chi connectivity index (χ2v) is 4.46. The minimum atomic E-state index is 0.670. The average Bonchev–Trinajstić information content (AvgIpc) is 2.63.